The fraction of sp³-hybridized carbons (Fsp3) is 0.273. The number of anilines is 1. The quantitative estimate of drug-likeness (QED) is 0.429. The minimum atomic E-state index is -0.494. The van der Waals surface area contributed by atoms with E-state index in [9.17, 15) is 14.0 Å². The number of methoxy groups -OCH3 is 1. The molecule has 0 aliphatic heterocycles. The molecule has 2 aromatic carbocycles. The molecule has 1 N–H and O–H groups in total. The van der Waals surface area contributed by atoms with E-state index >= 15 is 0 Å². The summed E-state index contributed by atoms with van der Waals surface area (Å²) in [6, 6.07) is 11.1. The van der Waals surface area contributed by atoms with Gasteiger partial charge in [0.2, 0.25) is 11.7 Å². The van der Waals surface area contributed by atoms with Crippen molar-refractivity contribution in [1.29, 1.82) is 0 Å². The molecule has 0 atom stereocenters. The van der Waals surface area contributed by atoms with Gasteiger partial charge in [0.05, 0.1) is 23.8 Å². The highest BCUT2D eigenvalue weighted by Gasteiger charge is 2.19. The minimum Gasteiger partial charge on any atom is -0.497 e. The third kappa shape index (κ3) is 4.31. The van der Waals surface area contributed by atoms with E-state index in [0.717, 1.165) is 0 Å². The second-order valence-corrected chi connectivity index (χ2v) is 8.60. The lowest BCUT2D eigenvalue weighted by Crippen LogP contribution is -2.25. The van der Waals surface area contributed by atoms with Crippen LogP contribution in [0.1, 0.15) is 13.8 Å². The number of halogens is 1. The van der Waals surface area contributed by atoms with Gasteiger partial charge in [-0.2, -0.15) is 0 Å². The van der Waals surface area contributed by atoms with E-state index < -0.39 is 5.82 Å². The molecular formula is C22H22FN5O3S. The first-order valence-corrected chi connectivity index (χ1v) is 11.0. The summed E-state index contributed by atoms with van der Waals surface area (Å²) in [5.41, 5.74) is 0.825. The number of aromatic nitrogens is 4. The maximum Gasteiger partial charge on any atom is 0.262 e. The summed E-state index contributed by atoms with van der Waals surface area (Å²) in [6.07, 6.45) is 0. The topological polar surface area (TPSA) is 90.5 Å². The van der Waals surface area contributed by atoms with Gasteiger partial charge in [-0.3, -0.25) is 18.6 Å². The van der Waals surface area contributed by atoms with Crippen molar-refractivity contribution in [2.45, 2.75) is 25.5 Å². The summed E-state index contributed by atoms with van der Waals surface area (Å²) >= 11 is 1.19. The van der Waals surface area contributed by atoms with Crippen LogP contribution >= 0.6 is 11.8 Å². The van der Waals surface area contributed by atoms with E-state index in [1.165, 1.54) is 34.5 Å². The monoisotopic (exact) mass is 455 g/mol. The molecule has 0 unspecified atom stereocenters. The third-order valence-electron chi connectivity index (χ3n) is 4.79. The Morgan fingerprint density at radius 1 is 1.19 bits per heavy atom. The molecule has 8 nitrogen and oxygen atoms in total. The molecule has 166 valence electrons. The Kier molecular flexibility index (Phi) is 6.13. The summed E-state index contributed by atoms with van der Waals surface area (Å²) in [5.74, 6) is 0.599. The number of nitrogens with zero attached hydrogens (tertiary/aromatic N) is 4. The number of hydrogen-bond acceptors (Lipinski definition) is 6. The van der Waals surface area contributed by atoms with Gasteiger partial charge in [0.25, 0.3) is 5.56 Å². The molecule has 0 saturated carbocycles. The van der Waals surface area contributed by atoms with Crippen molar-refractivity contribution < 1.29 is 13.9 Å². The first kappa shape index (κ1) is 21.8. The van der Waals surface area contributed by atoms with Crippen LogP contribution in [-0.2, 0) is 11.3 Å². The number of ether oxygens (including phenoxy) is 1. The van der Waals surface area contributed by atoms with Gasteiger partial charge in [0, 0.05) is 12.2 Å². The Bertz CT molecular complexity index is 1350. The second kappa shape index (κ2) is 8.99. The van der Waals surface area contributed by atoms with Crippen LogP contribution in [0.25, 0.3) is 16.7 Å². The highest BCUT2D eigenvalue weighted by molar-refractivity contribution is 7.99. The molecule has 2 heterocycles. The molecule has 0 bridgehead atoms. The highest BCUT2D eigenvalue weighted by atomic mass is 32.2. The van der Waals surface area contributed by atoms with Crippen LogP contribution < -0.4 is 15.6 Å². The standard InChI is InChI=1S/C22H22FN5O3S/c1-13(2)11-27-20(30)17-10-14(23)4-9-18(17)28-21(27)25-26-22(28)32-12-19(29)24-15-5-7-16(31-3)8-6-15/h4-10,13H,11-12H2,1-3H3,(H,24,29). The van der Waals surface area contributed by atoms with Gasteiger partial charge in [0.1, 0.15) is 11.6 Å². The zero-order chi connectivity index (χ0) is 22.8. The van der Waals surface area contributed by atoms with Crippen LogP contribution in [0.15, 0.2) is 52.4 Å². The van der Waals surface area contributed by atoms with Crippen molar-refractivity contribution in [2.75, 3.05) is 18.2 Å². The number of nitrogens with one attached hydrogen (secondary N) is 1. The number of hydrogen-bond donors (Lipinski definition) is 1. The molecule has 0 spiro atoms. The summed E-state index contributed by atoms with van der Waals surface area (Å²) in [7, 11) is 1.58. The van der Waals surface area contributed by atoms with Gasteiger partial charge in [0.15, 0.2) is 5.16 Å². The largest absolute Gasteiger partial charge is 0.497 e. The fourth-order valence-corrected chi connectivity index (χ4v) is 4.12. The lowest BCUT2D eigenvalue weighted by molar-refractivity contribution is -0.113. The molecule has 32 heavy (non-hydrogen) atoms. The maximum absolute atomic E-state index is 13.9. The molecule has 0 fully saturated rings. The normalized spacial score (nSPS) is 11.4. The number of amides is 1. The van der Waals surface area contributed by atoms with Crippen molar-refractivity contribution in [3.05, 3.63) is 58.6 Å². The molecule has 4 rings (SSSR count). The van der Waals surface area contributed by atoms with Crippen LogP contribution in [0, 0.1) is 11.7 Å². The Morgan fingerprint density at radius 2 is 1.94 bits per heavy atom. The first-order valence-electron chi connectivity index (χ1n) is 10.0. The van der Waals surface area contributed by atoms with E-state index in [0.29, 0.717) is 34.4 Å². The zero-order valence-electron chi connectivity index (χ0n) is 17.8. The van der Waals surface area contributed by atoms with Crippen LogP contribution in [0.3, 0.4) is 0 Å². The van der Waals surface area contributed by atoms with Crippen molar-refractivity contribution in [2.24, 2.45) is 5.92 Å². The van der Waals surface area contributed by atoms with Crippen molar-refractivity contribution in [3.8, 4) is 5.75 Å². The number of carbonyl (C=O) groups is 1. The minimum absolute atomic E-state index is 0.0822. The number of benzene rings is 2. The van der Waals surface area contributed by atoms with Gasteiger partial charge in [-0.05, 0) is 48.4 Å². The second-order valence-electron chi connectivity index (χ2n) is 7.65. The summed E-state index contributed by atoms with van der Waals surface area (Å²) in [6.45, 7) is 4.37. The average Bonchev–Trinajstić information content (AvgIpc) is 3.19. The molecule has 0 aliphatic carbocycles. The lowest BCUT2D eigenvalue weighted by Gasteiger charge is -2.13. The van der Waals surface area contributed by atoms with Crippen molar-refractivity contribution in [3.63, 3.8) is 0 Å². The van der Waals surface area contributed by atoms with Crippen LogP contribution in [-0.4, -0.2) is 37.9 Å². The Balaban J connectivity index is 1.65. The van der Waals surface area contributed by atoms with Crippen LogP contribution in [0.4, 0.5) is 10.1 Å². The van der Waals surface area contributed by atoms with Gasteiger partial charge < -0.3 is 10.1 Å². The van der Waals surface area contributed by atoms with Crippen LogP contribution in [0.5, 0.6) is 5.75 Å². The zero-order valence-corrected chi connectivity index (χ0v) is 18.6. The molecule has 0 aliphatic rings. The van der Waals surface area contributed by atoms with E-state index in [1.807, 2.05) is 13.8 Å². The third-order valence-corrected chi connectivity index (χ3v) is 5.72. The highest BCUT2D eigenvalue weighted by Crippen LogP contribution is 2.23. The Morgan fingerprint density at radius 3 is 2.62 bits per heavy atom. The van der Waals surface area contributed by atoms with Crippen LogP contribution in [0.2, 0.25) is 0 Å². The van der Waals surface area contributed by atoms with E-state index in [1.54, 1.807) is 35.8 Å². The van der Waals surface area contributed by atoms with Crippen molar-refractivity contribution in [1.82, 2.24) is 19.2 Å². The Hall–Kier alpha value is -3.40. The number of thioether (sulfide) groups is 1. The number of carbonyl (C=O) groups excluding carboxylic acids is 1. The number of rotatable bonds is 7. The van der Waals surface area contributed by atoms with Gasteiger partial charge >= 0.3 is 0 Å². The first-order chi connectivity index (χ1) is 15.4. The number of fused-ring (bicyclic) bond motifs is 3. The Labute approximate surface area is 187 Å². The fourth-order valence-electron chi connectivity index (χ4n) is 3.38. The lowest BCUT2D eigenvalue weighted by atomic mass is 10.2. The van der Waals surface area contributed by atoms with Gasteiger partial charge in [-0.1, -0.05) is 25.6 Å². The molecule has 0 saturated heterocycles. The molecule has 2 aromatic heterocycles. The van der Waals surface area contributed by atoms with Crippen molar-refractivity contribution >= 4 is 40.0 Å². The summed E-state index contributed by atoms with van der Waals surface area (Å²) < 4.78 is 22.2. The molecule has 10 heteroatoms. The van der Waals surface area contributed by atoms with Gasteiger partial charge in [-0.25, -0.2) is 4.39 Å². The molecule has 0 radical (unpaired) electrons. The summed E-state index contributed by atoms with van der Waals surface area (Å²) in [4.78, 5) is 25.4. The SMILES string of the molecule is COc1ccc(NC(=O)CSc2nnc3n(CC(C)C)c(=O)c4cc(F)ccc4n23)cc1. The smallest absolute Gasteiger partial charge is 0.262 e. The average molecular weight is 456 g/mol. The summed E-state index contributed by atoms with van der Waals surface area (Å²) in [5, 5.41) is 11.9. The predicted octanol–water partition coefficient (Wildman–Crippen LogP) is 3.58. The maximum atomic E-state index is 13.9. The molecule has 4 aromatic rings. The predicted molar refractivity (Wildman–Crippen MR) is 122 cm³/mol. The van der Waals surface area contributed by atoms with E-state index in [2.05, 4.69) is 15.5 Å². The van der Waals surface area contributed by atoms with Gasteiger partial charge in [-0.15, -0.1) is 10.2 Å². The molecule has 1 amide bonds. The van der Waals surface area contributed by atoms with E-state index in [-0.39, 0.29) is 28.5 Å². The van der Waals surface area contributed by atoms with E-state index in [4.69, 9.17) is 4.74 Å². The molecular weight excluding hydrogens is 433 g/mol.